The number of carbonyl (C=O) groups excluding carboxylic acids is 2. The van der Waals surface area contributed by atoms with E-state index in [0.29, 0.717) is 12.2 Å². The van der Waals surface area contributed by atoms with Gasteiger partial charge >= 0.3 is 0 Å². The summed E-state index contributed by atoms with van der Waals surface area (Å²) < 4.78 is 0.869. The summed E-state index contributed by atoms with van der Waals surface area (Å²) in [7, 11) is 3.86. The lowest BCUT2D eigenvalue weighted by Gasteiger charge is -2.23. The third-order valence-electron chi connectivity index (χ3n) is 3.06. The number of anilines is 1. The summed E-state index contributed by atoms with van der Waals surface area (Å²) in [5.74, 6) is -0.611. The van der Waals surface area contributed by atoms with Gasteiger partial charge in [-0.1, -0.05) is 22.0 Å². The van der Waals surface area contributed by atoms with Crippen molar-refractivity contribution in [3.05, 3.63) is 28.7 Å². The number of rotatable bonds is 6. The SMILES string of the molecule is CN(C)CCNC(=O)C(C)(C)C(=O)Nc1cccc(Br)c1. The highest BCUT2D eigenvalue weighted by Crippen LogP contribution is 2.21. The van der Waals surface area contributed by atoms with Gasteiger partial charge in [-0.25, -0.2) is 0 Å². The second-order valence-corrected chi connectivity index (χ2v) is 6.56. The second kappa shape index (κ2) is 7.56. The van der Waals surface area contributed by atoms with Crippen LogP contribution in [0.5, 0.6) is 0 Å². The predicted molar refractivity (Wildman–Crippen MR) is 88.1 cm³/mol. The van der Waals surface area contributed by atoms with E-state index in [0.717, 1.165) is 11.0 Å². The van der Waals surface area contributed by atoms with Crippen LogP contribution in [-0.4, -0.2) is 43.9 Å². The molecule has 0 aliphatic heterocycles. The van der Waals surface area contributed by atoms with Crippen LogP contribution >= 0.6 is 15.9 Å². The van der Waals surface area contributed by atoms with E-state index >= 15 is 0 Å². The smallest absolute Gasteiger partial charge is 0.239 e. The zero-order chi connectivity index (χ0) is 16.0. The van der Waals surface area contributed by atoms with Crippen molar-refractivity contribution in [1.29, 1.82) is 0 Å². The van der Waals surface area contributed by atoms with Gasteiger partial charge in [0.15, 0.2) is 0 Å². The second-order valence-electron chi connectivity index (χ2n) is 5.65. The van der Waals surface area contributed by atoms with Crippen molar-refractivity contribution >= 4 is 33.4 Å². The first-order valence-corrected chi connectivity index (χ1v) is 7.53. The molecule has 0 radical (unpaired) electrons. The number of hydrogen-bond acceptors (Lipinski definition) is 3. The summed E-state index contributed by atoms with van der Waals surface area (Å²) in [5, 5.41) is 5.54. The molecular weight excluding hydrogens is 334 g/mol. The molecule has 21 heavy (non-hydrogen) atoms. The molecule has 2 N–H and O–H groups in total. The van der Waals surface area contributed by atoms with Crippen molar-refractivity contribution in [2.45, 2.75) is 13.8 Å². The molecule has 0 spiro atoms. The molecule has 0 unspecified atom stereocenters. The Hall–Kier alpha value is -1.40. The summed E-state index contributed by atoms with van der Waals surface area (Å²) >= 11 is 3.34. The summed E-state index contributed by atoms with van der Waals surface area (Å²) in [5.41, 5.74) is -0.474. The fourth-order valence-electron chi connectivity index (χ4n) is 1.57. The van der Waals surface area contributed by atoms with Crippen LogP contribution in [0.1, 0.15) is 13.8 Å². The topological polar surface area (TPSA) is 61.4 Å². The number of carbonyl (C=O) groups is 2. The largest absolute Gasteiger partial charge is 0.354 e. The number of hydrogen-bond donors (Lipinski definition) is 2. The molecule has 0 saturated heterocycles. The molecule has 0 aliphatic carbocycles. The zero-order valence-electron chi connectivity index (χ0n) is 12.9. The molecule has 0 atom stereocenters. The molecule has 1 rings (SSSR count). The van der Waals surface area contributed by atoms with E-state index in [-0.39, 0.29) is 11.8 Å². The van der Waals surface area contributed by atoms with Crippen LogP contribution in [0.15, 0.2) is 28.7 Å². The molecule has 0 bridgehead atoms. The molecule has 1 aromatic rings. The number of nitrogens with one attached hydrogen (secondary N) is 2. The van der Waals surface area contributed by atoms with E-state index < -0.39 is 5.41 Å². The van der Waals surface area contributed by atoms with Gasteiger partial charge in [0, 0.05) is 23.2 Å². The van der Waals surface area contributed by atoms with Crippen LogP contribution in [-0.2, 0) is 9.59 Å². The predicted octanol–water partition coefficient (Wildman–Crippen LogP) is 2.09. The maximum absolute atomic E-state index is 12.3. The number of likely N-dealkylation sites (N-methyl/N-ethyl adjacent to an activating group) is 1. The maximum atomic E-state index is 12.3. The van der Waals surface area contributed by atoms with E-state index in [9.17, 15) is 9.59 Å². The zero-order valence-corrected chi connectivity index (χ0v) is 14.5. The van der Waals surface area contributed by atoms with Gasteiger partial charge < -0.3 is 15.5 Å². The first kappa shape index (κ1) is 17.7. The van der Waals surface area contributed by atoms with Crippen LogP contribution in [0.25, 0.3) is 0 Å². The van der Waals surface area contributed by atoms with Gasteiger partial charge in [-0.3, -0.25) is 9.59 Å². The lowest BCUT2D eigenvalue weighted by atomic mass is 9.91. The molecule has 2 amide bonds. The Labute approximate surface area is 134 Å². The minimum absolute atomic E-state index is 0.281. The van der Waals surface area contributed by atoms with Crippen molar-refractivity contribution in [1.82, 2.24) is 10.2 Å². The highest BCUT2D eigenvalue weighted by Gasteiger charge is 2.35. The van der Waals surface area contributed by atoms with E-state index in [2.05, 4.69) is 26.6 Å². The van der Waals surface area contributed by atoms with Crippen LogP contribution in [0.2, 0.25) is 0 Å². The van der Waals surface area contributed by atoms with Crippen molar-refractivity contribution in [2.75, 3.05) is 32.5 Å². The molecular formula is C15H22BrN3O2. The summed E-state index contributed by atoms with van der Waals surface area (Å²) in [6.07, 6.45) is 0. The van der Waals surface area contributed by atoms with Gasteiger partial charge in [0.25, 0.3) is 0 Å². The van der Waals surface area contributed by atoms with Gasteiger partial charge in [0.05, 0.1) is 0 Å². The quantitative estimate of drug-likeness (QED) is 0.768. The molecule has 6 heteroatoms. The molecule has 1 aromatic carbocycles. The van der Waals surface area contributed by atoms with Gasteiger partial charge in [-0.2, -0.15) is 0 Å². The molecule has 0 heterocycles. The number of amides is 2. The summed E-state index contributed by atoms with van der Waals surface area (Å²) in [4.78, 5) is 26.4. The Bertz CT molecular complexity index is 515. The third-order valence-corrected chi connectivity index (χ3v) is 3.56. The van der Waals surface area contributed by atoms with Gasteiger partial charge in [0.2, 0.25) is 11.8 Å². The van der Waals surface area contributed by atoms with Gasteiger partial charge in [-0.05, 0) is 46.1 Å². The molecule has 0 aromatic heterocycles. The van der Waals surface area contributed by atoms with E-state index in [4.69, 9.17) is 0 Å². The van der Waals surface area contributed by atoms with Gasteiger partial charge in [0.1, 0.15) is 5.41 Å². The third kappa shape index (κ3) is 5.47. The minimum atomic E-state index is -1.13. The first-order chi connectivity index (χ1) is 9.73. The number of benzene rings is 1. The molecule has 0 aliphatic rings. The van der Waals surface area contributed by atoms with E-state index in [1.165, 1.54) is 0 Å². The fourth-order valence-corrected chi connectivity index (χ4v) is 1.97. The highest BCUT2D eigenvalue weighted by atomic mass is 79.9. The summed E-state index contributed by atoms with van der Waals surface area (Å²) in [6, 6.07) is 7.26. The van der Waals surface area contributed by atoms with E-state index in [1.807, 2.05) is 31.1 Å². The average Bonchev–Trinajstić information content (AvgIpc) is 2.37. The Balaban J connectivity index is 2.63. The average molecular weight is 356 g/mol. The summed E-state index contributed by atoms with van der Waals surface area (Å²) in [6.45, 7) is 4.48. The fraction of sp³-hybridized carbons (Fsp3) is 0.467. The van der Waals surface area contributed by atoms with E-state index in [1.54, 1.807) is 26.0 Å². The van der Waals surface area contributed by atoms with Crippen molar-refractivity contribution in [2.24, 2.45) is 5.41 Å². The maximum Gasteiger partial charge on any atom is 0.239 e. The van der Waals surface area contributed by atoms with Crippen LogP contribution in [0.3, 0.4) is 0 Å². The molecule has 5 nitrogen and oxygen atoms in total. The Kier molecular flexibility index (Phi) is 6.36. The van der Waals surface area contributed by atoms with Crippen LogP contribution < -0.4 is 10.6 Å². The Morgan fingerprint density at radius 2 is 1.90 bits per heavy atom. The van der Waals surface area contributed by atoms with Crippen molar-refractivity contribution in [3.63, 3.8) is 0 Å². The minimum Gasteiger partial charge on any atom is -0.354 e. The Morgan fingerprint density at radius 1 is 1.24 bits per heavy atom. The highest BCUT2D eigenvalue weighted by molar-refractivity contribution is 9.10. The standard InChI is InChI=1S/C15H22BrN3O2/c1-15(2,13(20)17-8-9-19(3)4)14(21)18-12-7-5-6-11(16)10-12/h5-7,10H,8-9H2,1-4H3,(H,17,20)(H,18,21). The van der Waals surface area contributed by atoms with Crippen molar-refractivity contribution < 1.29 is 9.59 Å². The lowest BCUT2D eigenvalue weighted by Crippen LogP contribution is -2.46. The molecule has 0 fully saturated rings. The monoisotopic (exact) mass is 355 g/mol. The number of halogens is 1. The van der Waals surface area contributed by atoms with Crippen LogP contribution in [0, 0.1) is 5.41 Å². The number of nitrogens with zero attached hydrogens (tertiary/aromatic N) is 1. The van der Waals surface area contributed by atoms with Gasteiger partial charge in [-0.15, -0.1) is 0 Å². The van der Waals surface area contributed by atoms with Crippen LogP contribution in [0.4, 0.5) is 5.69 Å². The Morgan fingerprint density at radius 3 is 2.48 bits per heavy atom. The molecule has 0 saturated carbocycles. The lowest BCUT2D eigenvalue weighted by molar-refractivity contribution is -0.138. The normalized spacial score (nSPS) is 11.3. The first-order valence-electron chi connectivity index (χ1n) is 6.73. The van der Waals surface area contributed by atoms with Crippen molar-refractivity contribution in [3.8, 4) is 0 Å². The molecule has 116 valence electrons.